The third kappa shape index (κ3) is 3.79. The molecule has 4 nitrogen and oxygen atoms in total. The van der Waals surface area contributed by atoms with Crippen molar-refractivity contribution in [3.8, 4) is 39.6 Å². The minimum atomic E-state index is -0.348. The van der Waals surface area contributed by atoms with Gasteiger partial charge in [0.2, 0.25) is 5.95 Å². The molecule has 1 aliphatic carbocycles. The molecule has 0 spiro atoms. The summed E-state index contributed by atoms with van der Waals surface area (Å²) in [6, 6.07) is 46.7. The second kappa shape index (κ2) is 9.72. The summed E-state index contributed by atoms with van der Waals surface area (Å²) in [4.78, 5) is 14.5. The van der Waals surface area contributed by atoms with Gasteiger partial charge in [0.05, 0.1) is 29.0 Å². The van der Waals surface area contributed by atoms with E-state index in [2.05, 4.69) is 132 Å². The Balaban J connectivity index is 1.37. The van der Waals surface area contributed by atoms with Gasteiger partial charge in [-0.3, -0.25) is 4.57 Å². The summed E-state index contributed by atoms with van der Waals surface area (Å²) in [5, 5.41) is 4.73. The fraction of sp³-hybridized carbons (Fsp3) is 0.0714. The Bertz CT molecular complexity index is 2550. The summed E-state index contributed by atoms with van der Waals surface area (Å²) in [5.74, 6) is 0.639. The smallest absolute Gasteiger partial charge is 0.235 e. The highest BCUT2D eigenvalue weighted by atomic mass is 15.2. The fourth-order valence-corrected chi connectivity index (χ4v) is 7.32. The standard InChI is InChI=1S/C42H28N4/c1-42(2)35-24-30(26-11-5-4-6-12-26)19-22-33(35)40-38(42)39(27-17-20-31(43-3)21-18-27)44-41(45-40)46-36-16-10-9-15-32(36)34-23-28-13-7-8-14-29(28)25-37(34)46/h4-25H,1-2H3. The van der Waals surface area contributed by atoms with Gasteiger partial charge < -0.3 is 0 Å². The lowest BCUT2D eigenvalue weighted by Crippen LogP contribution is -2.18. The van der Waals surface area contributed by atoms with Crippen molar-refractivity contribution in [3.05, 3.63) is 156 Å². The Labute approximate surface area is 267 Å². The fourth-order valence-electron chi connectivity index (χ4n) is 7.32. The number of rotatable bonds is 3. The van der Waals surface area contributed by atoms with Crippen molar-refractivity contribution in [2.45, 2.75) is 19.3 Å². The number of nitrogens with zero attached hydrogens (tertiary/aromatic N) is 4. The second-order valence-electron chi connectivity index (χ2n) is 12.6. The Morgan fingerprint density at radius 3 is 2.04 bits per heavy atom. The molecule has 4 heteroatoms. The first-order chi connectivity index (χ1) is 22.5. The highest BCUT2D eigenvalue weighted by Gasteiger charge is 2.40. The SMILES string of the molecule is [C-]#[N+]c1ccc(-c2nc(-n3c4ccccc4c4cc5ccccc5cc43)nc3c2C(C)(C)c2cc(-c4ccccc4)ccc2-3)cc1. The number of aromatic nitrogens is 3. The third-order valence-corrected chi connectivity index (χ3v) is 9.59. The number of hydrogen-bond acceptors (Lipinski definition) is 2. The topological polar surface area (TPSA) is 35.1 Å². The van der Waals surface area contributed by atoms with E-state index in [4.69, 9.17) is 16.5 Å². The van der Waals surface area contributed by atoms with Gasteiger partial charge in [-0.2, -0.15) is 0 Å². The second-order valence-corrected chi connectivity index (χ2v) is 12.6. The van der Waals surface area contributed by atoms with Crippen molar-refractivity contribution < 1.29 is 0 Å². The molecule has 0 fully saturated rings. The van der Waals surface area contributed by atoms with Crippen LogP contribution in [0.25, 0.3) is 77.0 Å². The minimum absolute atomic E-state index is 0.348. The van der Waals surface area contributed by atoms with Gasteiger partial charge >= 0.3 is 0 Å². The molecule has 0 atom stereocenters. The highest BCUT2D eigenvalue weighted by Crippen LogP contribution is 2.52. The molecule has 0 saturated carbocycles. The van der Waals surface area contributed by atoms with E-state index in [9.17, 15) is 0 Å². The Morgan fingerprint density at radius 1 is 0.587 bits per heavy atom. The molecule has 9 rings (SSSR count). The van der Waals surface area contributed by atoms with Gasteiger partial charge in [0.15, 0.2) is 5.69 Å². The van der Waals surface area contributed by atoms with Crippen LogP contribution in [-0.4, -0.2) is 14.5 Å². The first-order valence-electron chi connectivity index (χ1n) is 15.5. The summed E-state index contributed by atoms with van der Waals surface area (Å²) in [7, 11) is 0. The van der Waals surface area contributed by atoms with Gasteiger partial charge in [0, 0.05) is 27.3 Å². The molecule has 2 aromatic heterocycles. The molecule has 8 aromatic rings. The van der Waals surface area contributed by atoms with Gasteiger partial charge in [0.25, 0.3) is 0 Å². The van der Waals surface area contributed by atoms with Gasteiger partial charge in [-0.15, -0.1) is 0 Å². The zero-order valence-corrected chi connectivity index (χ0v) is 25.5. The van der Waals surface area contributed by atoms with Gasteiger partial charge in [-0.1, -0.05) is 123 Å². The molecule has 0 aliphatic heterocycles. The minimum Gasteiger partial charge on any atom is -0.278 e. The van der Waals surface area contributed by atoms with Crippen LogP contribution in [0.2, 0.25) is 0 Å². The van der Waals surface area contributed by atoms with Crippen molar-refractivity contribution in [1.29, 1.82) is 0 Å². The quantitative estimate of drug-likeness (QED) is 0.192. The maximum Gasteiger partial charge on any atom is 0.235 e. The average molecular weight is 589 g/mol. The lowest BCUT2D eigenvalue weighted by Gasteiger charge is -2.24. The van der Waals surface area contributed by atoms with Crippen LogP contribution in [0, 0.1) is 6.57 Å². The molecular weight excluding hydrogens is 560 g/mol. The van der Waals surface area contributed by atoms with Crippen molar-refractivity contribution in [3.63, 3.8) is 0 Å². The molecular formula is C42H28N4. The van der Waals surface area contributed by atoms with Crippen LogP contribution in [0.4, 0.5) is 5.69 Å². The normalized spacial score (nSPS) is 13.2. The monoisotopic (exact) mass is 588 g/mol. The maximum absolute atomic E-state index is 7.52. The van der Waals surface area contributed by atoms with E-state index in [0.29, 0.717) is 11.6 Å². The first kappa shape index (κ1) is 26.4. The van der Waals surface area contributed by atoms with Crippen LogP contribution in [0.1, 0.15) is 25.0 Å². The van der Waals surface area contributed by atoms with Crippen LogP contribution in [0.3, 0.4) is 0 Å². The Morgan fingerprint density at radius 2 is 1.26 bits per heavy atom. The lowest BCUT2D eigenvalue weighted by molar-refractivity contribution is 0.657. The predicted octanol–water partition coefficient (Wildman–Crippen LogP) is 10.9. The van der Waals surface area contributed by atoms with E-state index < -0.39 is 0 Å². The summed E-state index contributed by atoms with van der Waals surface area (Å²) >= 11 is 0. The highest BCUT2D eigenvalue weighted by molar-refractivity contribution is 6.13. The molecule has 6 aromatic carbocycles. The van der Waals surface area contributed by atoms with Crippen LogP contribution in [0.5, 0.6) is 0 Å². The van der Waals surface area contributed by atoms with E-state index in [1.807, 2.05) is 24.3 Å². The van der Waals surface area contributed by atoms with Gasteiger partial charge in [0.1, 0.15) is 0 Å². The summed E-state index contributed by atoms with van der Waals surface area (Å²) < 4.78 is 2.22. The zero-order valence-electron chi connectivity index (χ0n) is 25.5. The molecule has 1 aliphatic rings. The molecule has 0 radical (unpaired) electrons. The third-order valence-electron chi connectivity index (χ3n) is 9.59. The number of benzene rings is 6. The predicted molar refractivity (Wildman–Crippen MR) is 189 cm³/mol. The van der Waals surface area contributed by atoms with E-state index in [1.54, 1.807) is 0 Å². The van der Waals surface area contributed by atoms with Crippen LogP contribution < -0.4 is 0 Å². The molecule has 46 heavy (non-hydrogen) atoms. The van der Waals surface area contributed by atoms with Crippen LogP contribution in [-0.2, 0) is 5.41 Å². The molecule has 0 N–H and O–H groups in total. The molecule has 0 amide bonds. The van der Waals surface area contributed by atoms with Crippen LogP contribution in [0.15, 0.2) is 133 Å². The summed E-state index contributed by atoms with van der Waals surface area (Å²) in [5.41, 5.74) is 11.1. The van der Waals surface area contributed by atoms with E-state index in [1.165, 1.54) is 38.2 Å². The van der Waals surface area contributed by atoms with E-state index in [-0.39, 0.29) is 5.41 Å². The zero-order chi connectivity index (χ0) is 31.0. The van der Waals surface area contributed by atoms with Gasteiger partial charge in [-0.05, 0) is 57.3 Å². The van der Waals surface area contributed by atoms with Crippen LogP contribution >= 0.6 is 0 Å². The first-order valence-corrected chi connectivity index (χ1v) is 15.5. The van der Waals surface area contributed by atoms with Crippen molar-refractivity contribution in [1.82, 2.24) is 14.5 Å². The Hall–Kier alpha value is -6.05. The van der Waals surface area contributed by atoms with E-state index in [0.717, 1.165) is 39.1 Å². The summed E-state index contributed by atoms with van der Waals surface area (Å²) in [6.07, 6.45) is 0. The number of hydrogen-bond donors (Lipinski definition) is 0. The van der Waals surface area contributed by atoms with Crippen molar-refractivity contribution >= 4 is 38.3 Å². The number of fused-ring (bicyclic) bond motifs is 7. The largest absolute Gasteiger partial charge is 0.278 e. The number of para-hydroxylation sites is 1. The van der Waals surface area contributed by atoms with Crippen molar-refractivity contribution in [2.24, 2.45) is 0 Å². The lowest BCUT2D eigenvalue weighted by atomic mass is 9.80. The van der Waals surface area contributed by atoms with E-state index >= 15 is 0 Å². The summed E-state index contributed by atoms with van der Waals surface area (Å²) in [6.45, 7) is 12.1. The Kier molecular flexibility index (Phi) is 5.57. The molecule has 0 bridgehead atoms. The van der Waals surface area contributed by atoms with Crippen molar-refractivity contribution in [2.75, 3.05) is 0 Å². The molecule has 0 saturated heterocycles. The molecule has 0 unspecified atom stereocenters. The average Bonchev–Trinajstić information content (AvgIpc) is 3.54. The van der Waals surface area contributed by atoms with Gasteiger partial charge in [-0.25, -0.2) is 14.8 Å². The molecule has 2 heterocycles. The maximum atomic E-state index is 7.52. The molecule has 216 valence electrons.